The lowest BCUT2D eigenvalue weighted by atomic mass is 9.78. The average molecular weight is 814 g/mol. The van der Waals surface area contributed by atoms with Gasteiger partial charge in [0.2, 0.25) is 0 Å². The summed E-state index contributed by atoms with van der Waals surface area (Å²) in [5, 5.41) is 13.8. The van der Waals surface area contributed by atoms with E-state index in [1.165, 1.54) is 0 Å². The number of ketones is 1. The standard InChI is InChI=1S/C45H67NO12/c1-22-14-28-8-10-32-23(2)15-30(50-32)12-13-45-20-37-39(56-45)40-41(55-37)42(57-45)38-33(54-40)11-9-29(52-38)16-26(47)17-31-25(4)34(53-36(31)19-35(51-28)24(22)3)18-27(48)21-46-43(49)58-44(5,6)7/h22,25,27-42,48H,2-3,8-21H2,1,4-7H3,(H,46,49)/t22-,25-,27+,28+,29-,30?,31-,32?,33+,34-,35-,36?,37-,38+,39+,40+,41-,42?,45+/m1/s1. The van der Waals surface area contributed by atoms with Gasteiger partial charge in [0.15, 0.2) is 5.79 Å². The molecule has 10 rings (SSSR count). The molecule has 10 aliphatic heterocycles. The van der Waals surface area contributed by atoms with Gasteiger partial charge in [-0.2, -0.15) is 0 Å². The van der Waals surface area contributed by atoms with E-state index in [0.717, 1.165) is 56.1 Å². The van der Waals surface area contributed by atoms with Crippen LogP contribution in [-0.4, -0.2) is 126 Å². The second kappa shape index (κ2) is 16.1. The number of ether oxygens (including phenoxy) is 9. The quantitative estimate of drug-likeness (QED) is 0.339. The van der Waals surface area contributed by atoms with E-state index in [9.17, 15) is 14.7 Å². The summed E-state index contributed by atoms with van der Waals surface area (Å²) in [5.41, 5.74) is 1.55. The van der Waals surface area contributed by atoms with Crippen molar-refractivity contribution < 1.29 is 57.3 Å². The first-order chi connectivity index (χ1) is 27.6. The Morgan fingerprint density at radius 2 is 1.53 bits per heavy atom. The molecular formula is C45H67NO12. The van der Waals surface area contributed by atoms with Crippen LogP contribution in [0.2, 0.25) is 0 Å². The molecule has 0 saturated carbocycles. The van der Waals surface area contributed by atoms with E-state index in [2.05, 4.69) is 32.3 Å². The largest absolute Gasteiger partial charge is 0.444 e. The molecule has 13 heteroatoms. The fourth-order valence-corrected chi connectivity index (χ4v) is 11.8. The van der Waals surface area contributed by atoms with Gasteiger partial charge in [-0.05, 0) is 94.6 Å². The van der Waals surface area contributed by atoms with Crippen molar-refractivity contribution in [2.45, 2.75) is 221 Å². The highest BCUT2D eigenvalue weighted by Gasteiger charge is 2.68. The summed E-state index contributed by atoms with van der Waals surface area (Å²) in [6, 6.07) is 0. The monoisotopic (exact) mass is 813 g/mol. The molecule has 4 unspecified atom stereocenters. The van der Waals surface area contributed by atoms with Gasteiger partial charge < -0.3 is 53.1 Å². The predicted octanol–water partition coefficient (Wildman–Crippen LogP) is 5.63. The number of fused-ring (bicyclic) bond motifs is 6. The Balaban J connectivity index is 0.943. The Labute approximate surface area is 343 Å². The minimum Gasteiger partial charge on any atom is -0.444 e. The molecule has 0 aromatic heterocycles. The van der Waals surface area contributed by atoms with Crippen molar-refractivity contribution in [1.29, 1.82) is 0 Å². The normalized spacial score (nSPS) is 48.3. The number of Topliss-reactive ketones (excluding diaryl/α,β-unsaturated/α-hetero) is 1. The van der Waals surface area contributed by atoms with E-state index >= 15 is 0 Å². The number of carbonyl (C=O) groups is 2. The summed E-state index contributed by atoms with van der Waals surface area (Å²) in [4.78, 5) is 26.5. The highest BCUT2D eigenvalue weighted by Crippen LogP contribution is 2.54. The number of carbonyl (C=O) groups excluding carboxylic acids is 2. The summed E-state index contributed by atoms with van der Waals surface area (Å²) in [6.45, 7) is 18.7. The van der Waals surface area contributed by atoms with Crippen LogP contribution in [0.15, 0.2) is 24.3 Å². The van der Waals surface area contributed by atoms with Crippen molar-refractivity contribution in [2.75, 3.05) is 6.54 Å². The third-order valence-corrected chi connectivity index (χ3v) is 14.8. The first-order valence-electron chi connectivity index (χ1n) is 22.4. The molecule has 0 radical (unpaired) electrons. The van der Waals surface area contributed by atoms with Gasteiger partial charge in [-0.3, -0.25) is 4.79 Å². The highest BCUT2D eigenvalue weighted by molar-refractivity contribution is 5.79. The number of rotatable bonds is 4. The lowest BCUT2D eigenvalue weighted by Crippen LogP contribution is -2.61. The molecule has 1 amide bonds. The maximum atomic E-state index is 14.2. The molecule has 58 heavy (non-hydrogen) atoms. The fraction of sp³-hybridized carbons (Fsp3) is 0.867. The summed E-state index contributed by atoms with van der Waals surface area (Å²) in [7, 11) is 0. The van der Waals surface area contributed by atoms with Crippen LogP contribution in [0.4, 0.5) is 4.79 Å². The molecule has 0 aromatic carbocycles. The van der Waals surface area contributed by atoms with E-state index in [1.807, 2.05) is 0 Å². The summed E-state index contributed by atoms with van der Waals surface area (Å²) >= 11 is 0. The number of aliphatic hydroxyl groups excluding tert-OH is 1. The molecule has 1 spiro atoms. The zero-order valence-electron chi connectivity index (χ0n) is 35.1. The van der Waals surface area contributed by atoms with Crippen molar-refractivity contribution in [2.24, 2.45) is 17.8 Å². The number of alkyl carbamates (subject to hydrolysis) is 1. The topological polar surface area (TPSA) is 149 Å². The van der Waals surface area contributed by atoms with Crippen LogP contribution < -0.4 is 5.32 Å². The minimum atomic E-state index is -0.856. The molecule has 19 atom stereocenters. The summed E-state index contributed by atoms with van der Waals surface area (Å²) in [6.07, 6.45) is 4.49. The molecule has 10 saturated heterocycles. The zero-order valence-corrected chi connectivity index (χ0v) is 35.1. The smallest absolute Gasteiger partial charge is 0.407 e. The second-order valence-electron chi connectivity index (χ2n) is 20.2. The molecule has 0 aliphatic carbocycles. The molecule has 2 N–H and O–H groups in total. The highest BCUT2D eigenvalue weighted by atomic mass is 16.8. The van der Waals surface area contributed by atoms with E-state index in [-0.39, 0.29) is 122 Å². The Bertz CT molecular complexity index is 1580. The zero-order chi connectivity index (χ0) is 40.7. The van der Waals surface area contributed by atoms with E-state index in [4.69, 9.17) is 42.6 Å². The molecule has 0 aromatic rings. The van der Waals surface area contributed by atoms with E-state index in [1.54, 1.807) is 20.8 Å². The minimum absolute atomic E-state index is 0.0290. The van der Waals surface area contributed by atoms with Crippen molar-refractivity contribution in [3.05, 3.63) is 24.3 Å². The van der Waals surface area contributed by atoms with Crippen molar-refractivity contribution in [3.8, 4) is 0 Å². The number of amides is 1. The van der Waals surface area contributed by atoms with E-state index < -0.39 is 23.6 Å². The van der Waals surface area contributed by atoms with Crippen LogP contribution in [-0.2, 0) is 47.4 Å². The van der Waals surface area contributed by atoms with Crippen molar-refractivity contribution in [1.82, 2.24) is 5.32 Å². The number of nitrogens with one attached hydrogen (secondary N) is 1. The molecule has 324 valence electrons. The molecule has 10 heterocycles. The van der Waals surface area contributed by atoms with Gasteiger partial charge in [0, 0.05) is 45.1 Å². The lowest BCUT2D eigenvalue weighted by Gasteiger charge is -2.47. The number of hydrogen-bond acceptors (Lipinski definition) is 12. The van der Waals surface area contributed by atoms with Gasteiger partial charge in [-0.1, -0.05) is 27.0 Å². The van der Waals surface area contributed by atoms with Crippen molar-refractivity contribution in [3.63, 3.8) is 0 Å². The van der Waals surface area contributed by atoms with Crippen LogP contribution in [0.3, 0.4) is 0 Å². The summed E-state index contributed by atoms with van der Waals surface area (Å²) in [5.74, 6) is -0.530. The number of hydrogen-bond donors (Lipinski definition) is 2. The SMILES string of the molecule is C=C1CC2CC[C@@]34C[C@H]5O[C@H]6C(O3)[C@H]3O[C@H](CC[C@@H]3O[C@H]6[C@H]5O4)CC(=O)C[C@H]3C(C[C@H]4O[C@@H](CCC1O2)C[C@@H](C)C4=C)O[C@H](C[C@H](O)CNC(=O)OC(C)(C)C)[C@@H]3C. The maximum absolute atomic E-state index is 14.2. The van der Waals surface area contributed by atoms with Crippen LogP contribution >= 0.6 is 0 Å². The van der Waals surface area contributed by atoms with Gasteiger partial charge in [0.25, 0.3) is 0 Å². The van der Waals surface area contributed by atoms with Gasteiger partial charge in [0.1, 0.15) is 41.9 Å². The molecular weight excluding hydrogens is 746 g/mol. The Hall–Kier alpha value is -1.94. The van der Waals surface area contributed by atoms with Crippen LogP contribution in [0.1, 0.15) is 118 Å². The van der Waals surface area contributed by atoms with Crippen LogP contribution in [0.5, 0.6) is 0 Å². The predicted molar refractivity (Wildman–Crippen MR) is 210 cm³/mol. The molecule has 10 fully saturated rings. The average Bonchev–Trinajstić information content (AvgIpc) is 3.82. The molecule has 10 aliphatic rings. The Morgan fingerprint density at radius 3 is 2.34 bits per heavy atom. The van der Waals surface area contributed by atoms with Gasteiger partial charge >= 0.3 is 6.09 Å². The lowest BCUT2D eigenvalue weighted by molar-refractivity contribution is -0.292. The van der Waals surface area contributed by atoms with E-state index in [0.29, 0.717) is 32.1 Å². The van der Waals surface area contributed by atoms with Gasteiger partial charge in [-0.25, -0.2) is 4.79 Å². The maximum Gasteiger partial charge on any atom is 0.407 e. The second-order valence-corrected chi connectivity index (χ2v) is 20.2. The van der Waals surface area contributed by atoms with Crippen molar-refractivity contribution >= 4 is 11.9 Å². The van der Waals surface area contributed by atoms with Crippen LogP contribution in [0, 0.1) is 17.8 Å². The van der Waals surface area contributed by atoms with Crippen LogP contribution in [0.25, 0.3) is 0 Å². The third kappa shape index (κ3) is 8.34. The number of aliphatic hydroxyl groups is 1. The van der Waals surface area contributed by atoms with Gasteiger partial charge in [0.05, 0.1) is 61.0 Å². The van der Waals surface area contributed by atoms with Gasteiger partial charge in [-0.15, -0.1) is 0 Å². The first kappa shape index (κ1) is 41.4. The summed E-state index contributed by atoms with van der Waals surface area (Å²) < 4.78 is 59.6. The molecule has 12 bridgehead atoms. The first-order valence-corrected chi connectivity index (χ1v) is 22.4. The fourth-order valence-electron chi connectivity index (χ4n) is 11.8. The Morgan fingerprint density at radius 1 is 0.810 bits per heavy atom. The molecule has 13 nitrogen and oxygen atoms in total. The third-order valence-electron chi connectivity index (χ3n) is 14.8. The Kier molecular flexibility index (Phi) is 11.5.